The predicted molar refractivity (Wildman–Crippen MR) is 141 cm³/mol. The molecule has 2 aromatic carbocycles. The van der Waals surface area contributed by atoms with E-state index in [0.717, 1.165) is 41.0 Å². The molecule has 1 amide bonds. The molecular weight excluding hydrogens is 548 g/mol. The van der Waals surface area contributed by atoms with Gasteiger partial charge in [0.25, 0.3) is 0 Å². The summed E-state index contributed by atoms with van der Waals surface area (Å²) in [6, 6.07) is 17.6. The molecule has 0 atom stereocenters. The van der Waals surface area contributed by atoms with Gasteiger partial charge in [-0.1, -0.05) is 42.5 Å². The van der Waals surface area contributed by atoms with Crippen LogP contribution >= 0.6 is 27.3 Å². The van der Waals surface area contributed by atoms with E-state index in [-0.39, 0.29) is 22.6 Å². The number of hydrogen-bond donors (Lipinski definition) is 3. The van der Waals surface area contributed by atoms with E-state index in [1.165, 1.54) is 0 Å². The van der Waals surface area contributed by atoms with E-state index in [2.05, 4.69) is 21.2 Å². The number of ether oxygens (including phenoxy) is 1. The summed E-state index contributed by atoms with van der Waals surface area (Å²) in [4.78, 5) is 37.7. The molecule has 4 rings (SSSR count). The van der Waals surface area contributed by atoms with Crippen LogP contribution in [0, 0.1) is 0 Å². The van der Waals surface area contributed by atoms with Crippen LogP contribution in [0.15, 0.2) is 59.1 Å². The zero-order chi connectivity index (χ0) is 25.7. The molecule has 2 heterocycles. The van der Waals surface area contributed by atoms with E-state index in [1.807, 2.05) is 59.5 Å². The molecule has 0 saturated carbocycles. The van der Waals surface area contributed by atoms with Crippen LogP contribution in [-0.4, -0.2) is 58.7 Å². The van der Waals surface area contributed by atoms with Gasteiger partial charge in [0.2, 0.25) is 5.91 Å². The summed E-state index contributed by atoms with van der Waals surface area (Å²) in [6.45, 7) is 0.737. The fourth-order valence-corrected chi connectivity index (χ4v) is 6.01. The van der Waals surface area contributed by atoms with Crippen molar-refractivity contribution in [2.45, 2.75) is 25.3 Å². The molecular formula is C26H25BrN2O6S. The molecule has 1 fully saturated rings. The highest BCUT2D eigenvalue weighted by molar-refractivity contribution is 9.10. The maximum absolute atomic E-state index is 12.6. The molecule has 36 heavy (non-hydrogen) atoms. The molecule has 10 heteroatoms. The monoisotopic (exact) mass is 572 g/mol. The number of halogens is 1. The molecule has 1 aromatic heterocycles. The summed E-state index contributed by atoms with van der Waals surface area (Å²) in [5, 5.41) is 22.0. The second-order valence-electron chi connectivity index (χ2n) is 8.43. The summed E-state index contributed by atoms with van der Waals surface area (Å²) in [7, 11) is 0. The number of anilines is 1. The van der Waals surface area contributed by atoms with Crippen molar-refractivity contribution in [1.29, 1.82) is 0 Å². The average molecular weight is 573 g/mol. The number of hydrogen-bond acceptors (Lipinski definition) is 6. The summed E-state index contributed by atoms with van der Waals surface area (Å²) >= 11 is 4.42. The summed E-state index contributed by atoms with van der Waals surface area (Å²) < 4.78 is 5.66. The van der Waals surface area contributed by atoms with Crippen LogP contribution in [-0.2, 0) is 16.0 Å². The number of piperidine rings is 1. The molecule has 0 aliphatic carbocycles. The summed E-state index contributed by atoms with van der Waals surface area (Å²) in [5.74, 6) is -2.23. The number of thiophene rings is 1. The van der Waals surface area contributed by atoms with Crippen molar-refractivity contribution < 1.29 is 29.3 Å². The quantitative estimate of drug-likeness (QED) is 0.331. The van der Waals surface area contributed by atoms with Crippen LogP contribution < -0.4 is 10.1 Å². The Kier molecular flexibility index (Phi) is 8.27. The van der Waals surface area contributed by atoms with Crippen LogP contribution in [0.25, 0.3) is 10.4 Å². The van der Waals surface area contributed by atoms with Gasteiger partial charge in [0, 0.05) is 24.8 Å². The highest BCUT2D eigenvalue weighted by Gasteiger charge is 2.25. The van der Waals surface area contributed by atoms with Gasteiger partial charge < -0.3 is 25.2 Å². The minimum Gasteiger partial charge on any atom is -0.479 e. The van der Waals surface area contributed by atoms with E-state index < -0.39 is 18.5 Å². The first-order valence-corrected chi connectivity index (χ1v) is 13.0. The third-order valence-electron chi connectivity index (χ3n) is 5.88. The topological polar surface area (TPSA) is 116 Å². The number of aliphatic carboxylic acids is 1. The lowest BCUT2D eigenvalue weighted by Crippen LogP contribution is -2.43. The average Bonchev–Trinajstić information content (AvgIpc) is 3.20. The lowest BCUT2D eigenvalue weighted by atomic mass is 10.0. The molecule has 0 bridgehead atoms. The fraction of sp³-hybridized carbons (Fsp3) is 0.269. The van der Waals surface area contributed by atoms with E-state index >= 15 is 0 Å². The maximum atomic E-state index is 12.6. The Morgan fingerprint density at radius 2 is 1.78 bits per heavy atom. The molecule has 1 saturated heterocycles. The smallest absolute Gasteiger partial charge is 0.349 e. The van der Waals surface area contributed by atoms with E-state index in [1.54, 1.807) is 0 Å². The van der Waals surface area contributed by atoms with E-state index in [9.17, 15) is 19.5 Å². The van der Waals surface area contributed by atoms with Crippen LogP contribution in [0.2, 0.25) is 0 Å². The molecule has 0 unspecified atom stereocenters. The first-order chi connectivity index (χ1) is 17.3. The number of nitrogens with zero attached hydrogens (tertiary/aromatic N) is 1. The predicted octanol–water partition coefficient (Wildman–Crippen LogP) is 4.98. The second-order valence-corrected chi connectivity index (χ2v) is 10.2. The third kappa shape index (κ3) is 6.24. The maximum Gasteiger partial charge on any atom is 0.349 e. The highest BCUT2D eigenvalue weighted by Crippen LogP contribution is 2.46. The van der Waals surface area contributed by atoms with Crippen LogP contribution in [0.5, 0.6) is 5.75 Å². The summed E-state index contributed by atoms with van der Waals surface area (Å²) in [5.41, 5.74) is 2.67. The summed E-state index contributed by atoms with van der Waals surface area (Å²) in [6.07, 6.45) is 2.06. The van der Waals surface area contributed by atoms with Crippen LogP contribution in [0.1, 0.15) is 28.1 Å². The van der Waals surface area contributed by atoms with Crippen molar-refractivity contribution >= 4 is 50.8 Å². The number of benzene rings is 2. The van der Waals surface area contributed by atoms with Gasteiger partial charge >= 0.3 is 11.9 Å². The normalized spacial score (nSPS) is 13.9. The van der Waals surface area contributed by atoms with Crippen molar-refractivity contribution in [2.75, 3.05) is 25.0 Å². The lowest BCUT2D eigenvalue weighted by molar-refractivity contribution is -0.139. The van der Waals surface area contributed by atoms with Crippen molar-refractivity contribution in [3.05, 3.63) is 69.5 Å². The van der Waals surface area contributed by atoms with Gasteiger partial charge in [0.05, 0.1) is 15.8 Å². The van der Waals surface area contributed by atoms with Crippen molar-refractivity contribution in [3.8, 4) is 16.2 Å². The molecule has 3 aromatic rings. The largest absolute Gasteiger partial charge is 0.479 e. The third-order valence-corrected chi connectivity index (χ3v) is 8.11. The number of rotatable bonds is 9. The Bertz CT molecular complexity index is 1250. The number of carboxylic acid groups (broad SMARTS) is 2. The highest BCUT2D eigenvalue weighted by atomic mass is 79.9. The Hall–Kier alpha value is -3.37. The van der Waals surface area contributed by atoms with E-state index in [4.69, 9.17) is 9.84 Å². The van der Waals surface area contributed by atoms with Crippen molar-refractivity contribution in [1.82, 2.24) is 4.90 Å². The molecule has 1 aliphatic rings. The Balaban J connectivity index is 1.41. The molecule has 0 radical (unpaired) electrons. The van der Waals surface area contributed by atoms with Gasteiger partial charge in [0.1, 0.15) is 0 Å². The first kappa shape index (κ1) is 25.7. The number of likely N-dealkylation sites (tertiary alicyclic amines) is 1. The molecule has 3 N–H and O–H groups in total. The number of nitrogens with one attached hydrogen (secondary N) is 1. The second kappa shape index (κ2) is 11.6. The number of carbonyl (C=O) groups excluding carboxylic acids is 1. The van der Waals surface area contributed by atoms with Crippen molar-refractivity contribution in [3.63, 3.8) is 0 Å². The number of aromatic carboxylic acids is 1. The van der Waals surface area contributed by atoms with Gasteiger partial charge in [-0.15, -0.1) is 11.3 Å². The van der Waals surface area contributed by atoms with Gasteiger partial charge in [-0.05, 0) is 52.0 Å². The van der Waals surface area contributed by atoms with Gasteiger partial charge in [-0.2, -0.15) is 0 Å². The van der Waals surface area contributed by atoms with Gasteiger partial charge in [-0.3, -0.25) is 4.79 Å². The molecule has 0 spiro atoms. The minimum absolute atomic E-state index is 0.0100. The number of carbonyl (C=O) groups is 3. The van der Waals surface area contributed by atoms with Crippen molar-refractivity contribution in [2.24, 2.45) is 0 Å². The molecule has 1 aliphatic heterocycles. The van der Waals surface area contributed by atoms with Gasteiger partial charge in [-0.25, -0.2) is 9.59 Å². The Labute approximate surface area is 220 Å². The first-order valence-electron chi connectivity index (χ1n) is 11.4. The SMILES string of the molecule is O=C(O)COc1c(C(=O)O)sc(-c2cccc(NC3CCN(C(=O)Cc4ccccc4)CC3)c2)c1Br. The fourth-order valence-electron chi connectivity index (χ4n) is 4.13. The molecule has 188 valence electrons. The zero-order valence-electron chi connectivity index (χ0n) is 19.3. The number of amides is 1. The minimum atomic E-state index is -1.19. The number of carboxylic acids is 2. The lowest BCUT2D eigenvalue weighted by Gasteiger charge is -2.33. The Morgan fingerprint density at radius 1 is 1.06 bits per heavy atom. The zero-order valence-corrected chi connectivity index (χ0v) is 21.7. The molecule has 8 nitrogen and oxygen atoms in total. The van der Waals surface area contributed by atoms with Crippen LogP contribution in [0.4, 0.5) is 5.69 Å². The van der Waals surface area contributed by atoms with Crippen LogP contribution in [0.3, 0.4) is 0 Å². The van der Waals surface area contributed by atoms with Gasteiger partial charge in [0.15, 0.2) is 17.2 Å². The standard InChI is InChI=1S/C26H25BrN2O6S/c27-22-23(35-15-21(31)32)25(26(33)34)36-24(22)17-7-4-8-19(14-17)28-18-9-11-29(12-10-18)20(30)13-16-5-2-1-3-6-16/h1-8,14,18,28H,9-13,15H2,(H,31,32)(H,33,34). The Morgan fingerprint density at radius 3 is 2.44 bits per heavy atom. The van der Waals surface area contributed by atoms with E-state index in [0.29, 0.717) is 28.9 Å².